The molecule has 128 valence electrons. The third-order valence-electron chi connectivity index (χ3n) is 7.22. The summed E-state index contributed by atoms with van der Waals surface area (Å²) < 4.78 is 5.87. The van der Waals surface area contributed by atoms with Crippen LogP contribution in [-0.4, -0.2) is 36.6 Å². The molecule has 5 atom stereocenters. The number of hydrogen-bond acceptors (Lipinski definition) is 3. The first-order valence-electron chi connectivity index (χ1n) is 9.67. The number of likely N-dealkylation sites (tertiary alicyclic amines) is 1. The molecule has 2 aliphatic carbocycles. The molecule has 3 heteroatoms. The lowest BCUT2D eigenvalue weighted by molar-refractivity contribution is -0.146. The molecule has 0 bridgehead atoms. The smallest absolute Gasteiger partial charge is 0.310 e. The van der Waals surface area contributed by atoms with Crippen molar-refractivity contribution in [1.82, 2.24) is 4.90 Å². The third kappa shape index (κ3) is 2.75. The zero-order chi connectivity index (χ0) is 16.0. The monoisotopic (exact) mass is 317 g/mol. The van der Waals surface area contributed by atoms with E-state index in [9.17, 15) is 4.79 Å². The summed E-state index contributed by atoms with van der Waals surface area (Å²) >= 11 is 0. The van der Waals surface area contributed by atoms with Crippen molar-refractivity contribution in [2.24, 2.45) is 23.2 Å². The Morgan fingerprint density at radius 2 is 2.04 bits per heavy atom. The molecule has 3 nitrogen and oxygen atoms in total. The molecule has 0 unspecified atom stereocenters. The number of rotatable bonds is 2. The lowest BCUT2D eigenvalue weighted by Gasteiger charge is -2.50. The molecular weight excluding hydrogens is 286 g/mol. The molecule has 2 aliphatic heterocycles. The van der Waals surface area contributed by atoms with E-state index in [2.05, 4.69) is 18.4 Å². The Morgan fingerprint density at radius 3 is 2.83 bits per heavy atom. The lowest BCUT2D eigenvalue weighted by atomic mass is 9.55. The van der Waals surface area contributed by atoms with Crippen molar-refractivity contribution in [2.45, 2.75) is 64.4 Å². The van der Waals surface area contributed by atoms with Gasteiger partial charge in [0.15, 0.2) is 0 Å². The van der Waals surface area contributed by atoms with E-state index in [1.165, 1.54) is 44.1 Å². The van der Waals surface area contributed by atoms with Gasteiger partial charge in [0.1, 0.15) is 6.10 Å². The summed E-state index contributed by atoms with van der Waals surface area (Å²) in [5.41, 5.74) is 1.75. The number of fused-ring (bicyclic) bond motifs is 2. The molecule has 4 rings (SSSR count). The molecule has 0 aromatic carbocycles. The van der Waals surface area contributed by atoms with Gasteiger partial charge in [-0.25, -0.2) is 0 Å². The van der Waals surface area contributed by atoms with Crippen LogP contribution in [0.2, 0.25) is 0 Å². The normalized spacial score (nSPS) is 44.6. The topological polar surface area (TPSA) is 29.5 Å². The van der Waals surface area contributed by atoms with Crippen molar-refractivity contribution in [3.8, 4) is 0 Å². The summed E-state index contributed by atoms with van der Waals surface area (Å²) in [5, 5.41) is 0. The number of hydrogen-bond donors (Lipinski definition) is 0. The van der Waals surface area contributed by atoms with Crippen molar-refractivity contribution >= 4 is 5.97 Å². The predicted molar refractivity (Wildman–Crippen MR) is 91.0 cm³/mol. The first-order valence-corrected chi connectivity index (χ1v) is 9.67. The molecule has 2 saturated carbocycles. The molecule has 4 fully saturated rings. The van der Waals surface area contributed by atoms with Gasteiger partial charge in [-0.15, -0.1) is 0 Å². The van der Waals surface area contributed by atoms with Crippen LogP contribution in [0.5, 0.6) is 0 Å². The zero-order valence-corrected chi connectivity index (χ0v) is 14.6. The number of nitrogens with zero attached hydrogens (tertiary/aromatic N) is 1. The third-order valence-corrected chi connectivity index (χ3v) is 7.22. The van der Waals surface area contributed by atoms with Gasteiger partial charge in [0, 0.05) is 12.5 Å². The minimum absolute atomic E-state index is 0.0819. The Balaban J connectivity index is 1.50. The highest BCUT2D eigenvalue weighted by molar-refractivity contribution is 5.75. The van der Waals surface area contributed by atoms with Crippen LogP contribution >= 0.6 is 0 Å². The van der Waals surface area contributed by atoms with E-state index in [1.54, 1.807) is 0 Å². The van der Waals surface area contributed by atoms with Crippen LogP contribution in [-0.2, 0) is 9.53 Å². The van der Waals surface area contributed by atoms with Crippen LogP contribution in [0.4, 0.5) is 0 Å². The van der Waals surface area contributed by atoms with E-state index in [4.69, 9.17) is 4.74 Å². The Kier molecular flexibility index (Phi) is 4.03. The standard InChI is InChI=1S/C20H31NO2/c1-14-7-6-8-20(2)12-18-15(11-17(14)20)16(19(22)23-18)13-21-9-4-3-5-10-21/h15-18H,1,3-13H2,2H3/t15-,16+,17+,18+,20-/m1/s1. The summed E-state index contributed by atoms with van der Waals surface area (Å²) in [6.45, 7) is 10.0. The number of ether oxygens (including phenoxy) is 1. The van der Waals surface area contributed by atoms with E-state index in [-0.39, 0.29) is 18.0 Å². The van der Waals surface area contributed by atoms with Gasteiger partial charge >= 0.3 is 5.97 Å². The van der Waals surface area contributed by atoms with Crippen molar-refractivity contribution in [3.63, 3.8) is 0 Å². The molecule has 0 amide bonds. The fourth-order valence-electron chi connectivity index (χ4n) is 5.88. The van der Waals surface area contributed by atoms with Crippen LogP contribution in [0.15, 0.2) is 12.2 Å². The first kappa shape index (κ1) is 15.7. The predicted octanol–water partition coefficient (Wildman–Crippen LogP) is 3.79. The average molecular weight is 317 g/mol. The summed E-state index contributed by atoms with van der Waals surface area (Å²) in [6.07, 6.45) is 9.99. The van der Waals surface area contributed by atoms with Gasteiger partial charge in [-0.05, 0) is 69.4 Å². The average Bonchev–Trinajstić information content (AvgIpc) is 2.81. The maximum absolute atomic E-state index is 12.5. The second-order valence-corrected chi connectivity index (χ2v) is 8.77. The highest BCUT2D eigenvalue weighted by Crippen LogP contribution is 2.56. The number of carbonyl (C=O) groups excluding carboxylic acids is 1. The second kappa shape index (κ2) is 5.91. The number of carbonyl (C=O) groups is 1. The van der Waals surface area contributed by atoms with Crippen LogP contribution in [0.25, 0.3) is 0 Å². The SMILES string of the molecule is C=C1CCC[C@]2(C)C[C@@H]3OC(=O)[C@@H](CN4CCCCC4)[C@H]3C[C@@H]12. The van der Waals surface area contributed by atoms with Gasteiger partial charge in [-0.2, -0.15) is 0 Å². The highest BCUT2D eigenvalue weighted by Gasteiger charge is 2.55. The molecule has 0 N–H and O–H groups in total. The summed E-state index contributed by atoms with van der Waals surface area (Å²) in [4.78, 5) is 15.0. The molecule has 2 saturated heterocycles. The molecule has 0 radical (unpaired) electrons. The van der Waals surface area contributed by atoms with Crippen molar-refractivity contribution < 1.29 is 9.53 Å². The Hall–Kier alpha value is -0.830. The molecule has 4 aliphatic rings. The second-order valence-electron chi connectivity index (χ2n) is 8.77. The molecule has 0 aromatic heterocycles. The van der Waals surface area contributed by atoms with E-state index in [1.807, 2.05) is 0 Å². The molecular formula is C20H31NO2. The van der Waals surface area contributed by atoms with Crippen LogP contribution in [0.1, 0.15) is 58.3 Å². The highest BCUT2D eigenvalue weighted by atomic mass is 16.6. The fourth-order valence-corrected chi connectivity index (χ4v) is 5.88. The maximum Gasteiger partial charge on any atom is 0.310 e. The fraction of sp³-hybridized carbons (Fsp3) is 0.850. The summed E-state index contributed by atoms with van der Waals surface area (Å²) in [6, 6.07) is 0. The quantitative estimate of drug-likeness (QED) is 0.573. The molecule has 0 spiro atoms. The van der Waals surface area contributed by atoms with Crippen molar-refractivity contribution in [1.29, 1.82) is 0 Å². The van der Waals surface area contributed by atoms with Crippen LogP contribution in [0, 0.1) is 23.2 Å². The number of esters is 1. The minimum Gasteiger partial charge on any atom is -0.462 e. The summed E-state index contributed by atoms with van der Waals surface area (Å²) in [7, 11) is 0. The van der Waals surface area contributed by atoms with Gasteiger partial charge in [-0.3, -0.25) is 4.79 Å². The van der Waals surface area contributed by atoms with Gasteiger partial charge in [-0.1, -0.05) is 25.5 Å². The Morgan fingerprint density at radius 1 is 1.26 bits per heavy atom. The summed E-state index contributed by atoms with van der Waals surface area (Å²) in [5.74, 6) is 1.23. The minimum atomic E-state index is 0.0819. The number of piperidine rings is 1. The van der Waals surface area contributed by atoms with Gasteiger partial charge in [0.25, 0.3) is 0 Å². The first-order chi connectivity index (χ1) is 11.1. The lowest BCUT2D eigenvalue weighted by Crippen LogP contribution is -2.46. The molecule has 2 heterocycles. The van der Waals surface area contributed by atoms with Gasteiger partial charge in [0.2, 0.25) is 0 Å². The Labute approximate surface area is 140 Å². The van der Waals surface area contributed by atoms with E-state index in [0.29, 0.717) is 17.3 Å². The molecule has 0 aromatic rings. The molecule has 23 heavy (non-hydrogen) atoms. The largest absolute Gasteiger partial charge is 0.462 e. The Bertz CT molecular complexity index is 496. The van der Waals surface area contributed by atoms with Gasteiger partial charge < -0.3 is 9.64 Å². The van der Waals surface area contributed by atoms with E-state index < -0.39 is 0 Å². The van der Waals surface area contributed by atoms with Crippen LogP contribution < -0.4 is 0 Å². The number of allylic oxidation sites excluding steroid dienone is 1. The van der Waals surface area contributed by atoms with Gasteiger partial charge in [0.05, 0.1) is 5.92 Å². The van der Waals surface area contributed by atoms with Crippen LogP contribution in [0.3, 0.4) is 0 Å². The maximum atomic E-state index is 12.5. The van der Waals surface area contributed by atoms with Crippen molar-refractivity contribution in [3.05, 3.63) is 12.2 Å². The van der Waals surface area contributed by atoms with E-state index in [0.717, 1.165) is 32.5 Å². The van der Waals surface area contributed by atoms with E-state index >= 15 is 0 Å². The van der Waals surface area contributed by atoms with Crippen molar-refractivity contribution in [2.75, 3.05) is 19.6 Å². The zero-order valence-electron chi connectivity index (χ0n) is 14.6.